The summed E-state index contributed by atoms with van der Waals surface area (Å²) in [4.78, 5) is 17.2. The lowest BCUT2D eigenvalue weighted by molar-refractivity contribution is -0.118. The van der Waals surface area contributed by atoms with E-state index in [9.17, 15) is 4.79 Å². The maximum Gasteiger partial charge on any atom is 0.262 e. The highest BCUT2D eigenvalue weighted by Crippen LogP contribution is 2.36. The van der Waals surface area contributed by atoms with Gasteiger partial charge in [0.25, 0.3) is 5.91 Å². The Balaban J connectivity index is 1.56. The van der Waals surface area contributed by atoms with Crippen LogP contribution in [0.5, 0.6) is 17.4 Å². The number of halogens is 1. The van der Waals surface area contributed by atoms with Crippen molar-refractivity contribution in [1.82, 2.24) is 14.8 Å². The molecule has 1 amide bonds. The summed E-state index contributed by atoms with van der Waals surface area (Å²) >= 11 is 6.18. The maximum absolute atomic E-state index is 12.6. The fourth-order valence-corrected chi connectivity index (χ4v) is 3.94. The zero-order valence-corrected chi connectivity index (χ0v) is 20.4. The highest BCUT2D eigenvalue weighted by Gasteiger charge is 2.17. The second-order valence-electron chi connectivity index (χ2n) is 7.83. The van der Waals surface area contributed by atoms with E-state index < -0.39 is 0 Å². The van der Waals surface area contributed by atoms with Gasteiger partial charge >= 0.3 is 0 Å². The van der Waals surface area contributed by atoms with Crippen LogP contribution in [-0.4, -0.2) is 41.5 Å². The van der Waals surface area contributed by atoms with Crippen LogP contribution in [0.2, 0.25) is 5.02 Å². The molecule has 0 aliphatic heterocycles. The van der Waals surface area contributed by atoms with E-state index in [1.54, 1.807) is 22.9 Å². The number of rotatable bonds is 7. The average molecular weight is 481 g/mol. The summed E-state index contributed by atoms with van der Waals surface area (Å²) in [7, 11) is 3.00. The van der Waals surface area contributed by atoms with Crippen LogP contribution >= 0.6 is 11.6 Å². The number of hydrogen-bond acceptors (Lipinski definition) is 6. The first kappa shape index (κ1) is 23.4. The van der Waals surface area contributed by atoms with Crippen molar-refractivity contribution in [3.63, 3.8) is 0 Å². The van der Waals surface area contributed by atoms with Crippen LogP contribution in [0.4, 0.5) is 5.69 Å². The molecule has 4 rings (SSSR count). The predicted octanol–water partition coefficient (Wildman–Crippen LogP) is 5.03. The third kappa shape index (κ3) is 4.63. The lowest BCUT2D eigenvalue weighted by Crippen LogP contribution is -2.21. The van der Waals surface area contributed by atoms with E-state index >= 15 is 0 Å². The topological polar surface area (TPSA) is 87.5 Å². The molecule has 0 spiro atoms. The summed E-state index contributed by atoms with van der Waals surface area (Å²) in [6, 6.07) is 13.0. The van der Waals surface area contributed by atoms with Crippen molar-refractivity contribution in [2.24, 2.45) is 0 Å². The summed E-state index contributed by atoms with van der Waals surface area (Å²) in [5, 5.41) is 8.72. The highest BCUT2D eigenvalue weighted by molar-refractivity contribution is 6.32. The molecule has 4 aromatic rings. The van der Waals surface area contributed by atoms with Crippen molar-refractivity contribution in [1.29, 1.82) is 0 Å². The van der Waals surface area contributed by atoms with E-state index in [1.165, 1.54) is 14.2 Å². The molecule has 0 aliphatic carbocycles. The normalized spacial score (nSPS) is 10.9. The van der Waals surface area contributed by atoms with Gasteiger partial charge in [0, 0.05) is 17.5 Å². The van der Waals surface area contributed by atoms with Gasteiger partial charge in [-0.05, 0) is 44.5 Å². The van der Waals surface area contributed by atoms with Crippen LogP contribution in [0, 0.1) is 20.8 Å². The number of fused-ring (bicyclic) bond motifs is 1. The van der Waals surface area contributed by atoms with Crippen molar-refractivity contribution in [3.05, 3.63) is 64.3 Å². The van der Waals surface area contributed by atoms with Gasteiger partial charge in [0.1, 0.15) is 11.5 Å². The Morgan fingerprint density at radius 2 is 1.74 bits per heavy atom. The third-order valence-electron chi connectivity index (χ3n) is 5.36. The van der Waals surface area contributed by atoms with E-state index in [1.807, 2.05) is 45.0 Å². The summed E-state index contributed by atoms with van der Waals surface area (Å²) in [5.41, 5.74) is 4.96. The summed E-state index contributed by atoms with van der Waals surface area (Å²) in [6.45, 7) is 5.70. The number of carbonyl (C=O) groups excluding carboxylic acids is 1. The van der Waals surface area contributed by atoms with E-state index in [0.29, 0.717) is 33.7 Å². The summed E-state index contributed by atoms with van der Waals surface area (Å²) < 4.78 is 18.0. The second kappa shape index (κ2) is 9.61. The molecule has 34 heavy (non-hydrogen) atoms. The fourth-order valence-electron chi connectivity index (χ4n) is 3.70. The molecule has 2 aromatic carbocycles. The van der Waals surface area contributed by atoms with Gasteiger partial charge in [0.2, 0.25) is 5.88 Å². The summed E-state index contributed by atoms with van der Waals surface area (Å²) in [6.07, 6.45) is 0. The van der Waals surface area contributed by atoms with Crippen LogP contribution in [0.25, 0.3) is 16.7 Å². The SMILES string of the molecule is COc1cc(OC)c(NC(=O)COc2cc(C)c3c(C)nn(-c4ccc(C)cc4)c3n2)cc1Cl. The Morgan fingerprint density at radius 1 is 1.03 bits per heavy atom. The van der Waals surface area contributed by atoms with Crippen LogP contribution in [0.1, 0.15) is 16.8 Å². The van der Waals surface area contributed by atoms with Crippen LogP contribution in [0.3, 0.4) is 0 Å². The van der Waals surface area contributed by atoms with Gasteiger partial charge < -0.3 is 19.5 Å². The fraction of sp³-hybridized carbons (Fsp3) is 0.240. The Bertz CT molecular complexity index is 1370. The molecule has 176 valence electrons. The minimum absolute atomic E-state index is 0.248. The maximum atomic E-state index is 12.6. The number of amides is 1. The van der Waals surface area contributed by atoms with E-state index in [0.717, 1.165) is 27.9 Å². The predicted molar refractivity (Wildman–Crippen MR) is 132 cm³/mol. The lowest BCUT2D eigenvalue weighted by atomic mass is 10.1. The molecule has 0 bridgehead atoms. The van der Waals surface area contributed by atoms with Gasteiger partial charge in [0.05, 0.1) is 36.3 Å². The Hall–Kier alpha value is -3.78. The molecule has 0 fully saturated rings. The van der Waals surface area contributed by atoms with Crippen molar-refractivity contribution in [3.8, 4) is 23.1 Å². The van der Waals surface area contributed by atoms with Crippen molar-refractivity contribution >= 4 is 34.2 Å². The second-order valence-corrected chi connectivity index (χ2v) is 8.24. The first-order valence-electron chi connectivity index (χ1n) is 10.6. The molecule has 0 aliphatic rings. The number of methoxy groups -OCH3 is 2. The highest BCUT2D eigenvalue weighted by atomic mass is 35.5. The minimum atomic E-state index is -0.387. The molecule has 0 saturated heterocycles. The van der Waals surface area contributed by atoms with Gasteiger partial charge in [-0.2, -0.15) is 10.1 Å². The van der Waals surface area contributed by atoms with Gasteiger partial charge in [0.15, 0.2) is 12.3 Å². The number of aryl methyl sites for hydroxylation is 3. The molecule has 0 saturated carbocycles. The van der Waals surface area contributed by atoms with Gasteiger partial charge in [-0.25, -0.2) is 4.68 Å². The molecule has 0 radical (unpaired) electrons. The Morgan fingerprint density at radius 3 is 2.41 bits per heavy atom. The van der Waals surface area contributed by atoms with E-state index in [2.05, 4.69) is 15.4 Å². The first-order valence-corrected chi connectivity index (χ1v) is 11.0. The number of anilines is 1. The van der Waals surface area contributed by atoms with Crippen molar-refractivity contribution in [2.45, 2.75) is 20.8 Å². The number of carbonyl (C=O) groups is 1. The number of aromatic nitrogens is 3. The average Bonchev–Trinajstić information content (AvgIpc) is 3.15. The monoisotopic (exact) mass is 480 g/mol. The standard InChI is InChI=1S/C25H25ClN4O4/c1-14-6-8-17(9-7-14)30-25-24(16(3)29-30)15(2)10-23(28-25)34-13-22(31)27-19-11-18(26)20(32-4)12-21(19)33-5/h6-12H,13H2,1-5H3,(H,27,31). The Labute approximate surface area is 202 Å². The minimum Gasteiger partial charge on any atom is -0.495 e. The van der Waals surface area contributed by atoms with E-state index in [-0.39, 0.29) is 12.5 Å². The number of pyridine rings is 1. The van der Waals surface area contributed by atoms with Crippen LogP contribution in [-0.2, 0) is 4.79 Å². The molecule has 1 N–H and O–H groups in total. The number of benzene rings is 2. The number of hydrogen-bond donors (Lipinski definition) is 1. The van der Waals surface area contributed by atoms with Crippen molar-refractivity contribution < 1.29 is 19.0 Å². The number of nitrogens with one attached hydrogen (secondary N) is 1. The third-order valence-corrected chi connectivity index (χ3v) is 5.66. The number of nitrogens with zero attached hydrogens (tertiary/aromatic N) is 3. The van der Waals surface area contributed by atoms with Crippen molar-refractivity contribution in [2.75, 3.05) is 26.1 Å². The zero-order valence-electron chi connectivity index (χ0n) is 19.6. The quantitative estimate of drug-likeness (QED) is 0.399. The summed E-state index contributed by atoms with van der Waals surface area (Å²) in [5.74, 6) is 0.805. The molecule has 2 heterocycles. The number of ether oxygens (including phenoxy) is 3. The lowest BCUT2D eigenvalue weighted by Gasteiger charge is -2.13. The molecule has 8 nitrogen and oxygen atoms in total. The first-order chi connectivity index (χ1) is 16.3. The molecular formula is C25H25ClN4O4. The van der Waals surface area contributed by atoms with Crippen LogP contribution < -0.4 is 19.5 Å². The smallest absolute Gasteiger partial charge is 0.262 e. The Kier molecular flexibility index (Phi) is 6.61. The van der Waals surface area contributed by atoms with Gasteiger partial charge in [-0.1, -0.05) is 29.3 Å². The molecule has 0 unspecified atom stereocenters. The molecule has 2 aromatic heterocycles. The molecular weight excluding hydrogens is 456 g/mol. The zero-order chi connectivity index (χ0) is 24.4. The largest absolute Gasteiger partial charge is 0.495 e. The van der Waals surface area contributed by atoms with Gasteiger partial charge in [-0.15, -0.1) is 0 Å². The van der Waals surface area contributed by atoms with Crippen LogP contribution in [0.15, 0.2) is 42.5 Å². The molecule has 9 heteroatoms. The van der Waals surface area contributed by atoms with Gasteiger partial charge in [-0.3, -0.25) is 4.79 Å². The van der Waals surface area contributed by atoms with E-state index in [4.69, 9.17) is 25.8 Å². The molecule has 0 atom stereocenters.